The Bertz CT molecular complexity index is 882. The largest absolute Gasteiger partial charge is 0.362 e. The first-order valence-corrected chi connectivity index (χ1v) is 11.0. The molecule has 29 heavy (non-hydrogen) atoms. The van der Waals surface area contributed by atoms with Gasteiger partial charge in [0, 0.05) is 25.3 Å². The molecule has 1 saturated heterocycles. The minimum atomic E-state index is -0.0856. The molecule has 2 aliphatic heterocycles. The molecule has 1 aromatic carbocycles. The molecule has 0 bridgehead atoms. The highest BCUT2D eigenvalue weighted by Crippen LogP contribution is 2.36. The Morgan fingerprint density at radius 2 is 1.83 bits per heavy atom. The van der Waals surface area contributed by atoms with E-state index in [1.54, 1.807) is 0 Å². The second-order valence-corrected chi connectivity index (χ2v) is 9.76. The van der Waals surface area contributed by atoms with Crippen molar-refractivity contribution in [3.8, 4) is 0 Å². The normalized spacial score (nSPS) is 21.2. The molecule has 0 radical (unpaired) electrons. The summed E-state index contributed by atoms with van der Waals surface area (Å²) in [4.78, 5) is 7.51. The highest BCUT2D eigenvalue weighted by atomic mass is 16.5. The van der Waals surface area contributed by atoms with Crippen molar-refractivity contribution >= 4 is 6.08 Å². The Balaban J connectivity index is 1.72. The number of fused-ring (bicyclic) bond motifs is 2. The number of aryl methyl sites for hydroxylation is 1. The number of hydrogen-bond donors (Lipinski definition) is 0. The van der Waals surface area contributed by atoms with Gasteiger partial charge in [-0.05, 0) is 55.9 Å². The molecule has 3 heterocycles. The molecule has 2 aliphatic rings. The molecule has 4 nitrogen and oxygen atoms in total. The standard InChI is InChI=1S/C25H35N3O/c1-18-22(10-14-25(2,3)4)26-24-23(29-20-12-15-27(5)16-13-20)21-9-7-6-8-19(21)11-17-28(18)24/h6-10,14,20,23H,11-13,15-17H2,1-5H3/b14-10+. The first kappa shape index (κ1) is 20.4. The van der Waals surface area contributed by atoms with Crippen molar-refractivity contribution in [1.82, 2.24) is 14.5 Å². The van der Waals surface area contributed by atoms with Gasteiger partial charge < -0.3 is 14.2 Å². The van der Waals surface area contributed by atoms with Crippen LogP contribution in [0.1, 0.15) is 68.1 Å². The summed E-state index contributed by atoms with van der Waals surface area (Å²) in [7, 11) is 2.20. The van der Waals surface area contributed by atoms with Gasteiger partial charge in [0.05, 0.1) is 11.8 Å². The zero-order valence-corrected chi connectivity index (χ0v) is 18.6. The van der Waals surface area contributed by atoms with Crippen molar-refractivity contribution in [2.24, 2.45) is 5.41 Å². The van der Waals surface area contributed by atoms with Gasteiger partial charge in [0.1, 0.15) is 11.9 Å². The fourth-order valence-corrected chi connectivity index (χ4v) is 4.38. The highest BCUT2D eigenvalue weighted by Gasteiger charge is 2.31. The summed E-state index contributed by atoms with van der Waals surface area (Å²) in [6.07, 6.45) is 7.85. The molecular formula is C25H35N3O. The summed E-state index contributed by atoms with van der Waals surface area (Å²) >= 11 is 0. The third-order valence-corrected chi connectivity index (χ3v) is 6.20. The van der Waals surface area contributed by atoms with Gasteiger partial charge in [-0.1, -0.05) is 51.1 Å². The Morgan fingerprint density at radius 3 is 2.55 bits per heavy atom. The van der Waals surface area contributed by atoms with Crippen LogP contribution in [0.3, 0.4) is 0 Å². The van der Waals surface area contributed by atoms with E-state index in [1.807, 2.05) is 0 Å². The number of imidazole rings is 1. The molecule has 0 aliphatic carbocycles. The van der Waals surface area contributed by atoms with Crippen LogP contribution in [-0.4, -0.2) is 40.7 Å². The highest BCUT2D eigenvalue weighted by molar-refractivity contribution is 5.50. The lowest BCUT2D eigenvalue weighted by molar-refractivity contribution is -0.0276. The maximum Gasteiger partial charge on any atom is 0.143 e. The maximum atomic E-state index is 6.79. The monoisotopic (exact) mass is 393 g/mol. The number of nitrogens with zero attached hydrogens (tertiary/aromatic N) is 3. The van der Waals surface area contributed by atoms with Gasteiger partial charge in [-0.25, -0.2) is 4.98 Å². The van der Waals surface area contributed by atoms with Gasteiger partial charge in [-0.15, -0.1) is 0 Å². The van der Waals surface area contributed by atoms with Crippen molar-refractivity contribution in [3.63, 3.8) is 0 Å². The number of hydrogen-bond acceptors (Lipinski definition) is 3. The average molecular weight is 394 g/mol. The van der Waals surface area contributed by atoms with Crippen LogP contribution in [0.2, 0.25) is 0 Å². The first-order valence-electron chi connectivity index (χ1n) is 11.0. The molecule has 1 unspecified atom stereocenters. The predicted octanol–water partition coefficient (Wildman–Crippen LogP) is 5.01. The molecule has 2 aromatic rings. The van der Waals surface area contributed by atoms with Gasteiger partial charge in [-0.2, -0.15) is 0 Å². The van der Waals surface area contributed by atoms with Crippen LogP contribution in [0.25, 0.3) is 6.08 Å². The second-order valence-electron chi connectivity index (χ2n) is 9.76. The summed E-state index contributed by atoms with van der Waals surface area (Å²) in [5.74, 6) is 1.07. The van der Waals surface area contributed by atoms with Crippen LogP contribution in [0.15, 0.2) is 30.3 Å². The van der Waals surface area contributed by atoms with Gasteiger partial charge in [0.2, 0.25) is 0 Å². The first-order chi connectivity index (χ1) is 13.8. The summed E-state index contributed by atoms with van der Waals surface area (Å²) in [5.41, 5.74) is 5.14. The van der Waals surface area contributed by atoms with E-state index in [2.05, 4.69) is 80.6 Å². The second kappa shape index (κ2) is 8.08. The van der Waals surface area contributed by atoms with Gasteiger partial charge in [0.15, 0.2) is 0 Å². The van der Waals surface area contributed by atoms with E-state index >= 15 is 0 Å². The average Bonchev–Trinajstić information content (AvgIpc) is 2.90. The lowest BCUT2D eigenvalue weighted by Crippen LogP contribution is -2.35. The van der Waals surface area contributed by atoms with E-state index in [-0.39, 0.29) is 11.5 Å². The van der Waals surface area contributed by atoms with Crippen molar-refractivity contribution in [3.05, 3.63) is 58.7 Å². The number of aromatic nitrogens is 2. The summed E-state index contributed by atoms with van der Waals surface area (Å²) in [6, 6.07) is 8.77. The molecule has 0 amide bonds. The van der Waals surface area contributed by atoms with Crippen LogP contribution in [0.5, 0.6) is 0 Å². The van der Waals surface area contributed by atoms with E-state index in [1.165, 1.54) is 16.8 Å². The van der Waals surface area contributed by atoms with E-state index in [4.69, 9.17) is 9.72 Å². The Hall–Kier alpha value is -1.91. The van der Waals surface area contributed by atoms with Crippen molar-refractivity contribution in [2.75, 3.05) is 20.1 Å². The topological polar surface area (TPSA) is 30.3 Å². The molecule has 4 heteroatoms. The summed E-state index contributed by atoms with van der Waals surface area (Å²) < 4.78 is 9.18. The number of benzene rings is 1. The summed E-state index contributed by atoms with van der Waals surface area (Å²) in [6.45, 7) is 12.0. The molecule has 1 aromatic heterocycles. The Morgan fingerprint density at radius 1 is 1.10 bits per heavy atom. The van der Waals surface area contributed by atoms with Gasteiger partial charge in [-0.3, -0.25) is 0 Å². The molecule has 0 spiro atoms. The van der Waals surface area contributed by atoms with Crippen molar-refractivity contribution in [2.45, 2.75) is 65.7 Å². The molecule has 4 rings (SSSR count). The third kappa shape index (κ3) is 4.49. The minimum Gasteiger partial charge on any atom is -0.362 e. The Labute approximate surface area is 175 Å². The molecule has 1 fully saturated rings. The van der Waals surface area contributed by atoms with E-state index in [9.17, 15) is 0 Å². The smallest absolute Gasteiger partial charge is 0.143 e. The number of piperidine rings is 1. The number of allylic oxidation sites excluding steroid dienone is 1. The van der Waals surface area contributed by atoms with Crippen molar-refractivity contribution in [1.29, 1.82) is 0 Å². The molecule has 1 atom stereocenters. The van der Waals surface area contributed by atoms with Crippen LogP contribution in [0, 0.1) is 12.3 Å². The predicted molar refractivity (Wildman–Crippen MR) is 119 cm³/mol. The van der Waals surface area contributed by atoms with E-state index in [0.717, 1.165) is 50.4 Å². The van der Waals surface area contributed by atoms with E-state index in [0.29, 0.717) is 6.10 Å². The molecular weight excluding hydrogens is 358 g/mol. The lowest BCUT2D eigenvalue weighted by atomic mass is 9.96. The SMILES string of the molecule is Cc1c(/C=C/C(C)(C)C)nc2n1CCc1ccccc1C2OC1CCN(C)CC1. The quantitative estimate of drug-likeness (QED) is 0.734. The van der Waals surface area contributed by atoms with Crippen LogP contribution in [-0.2, 0) is 17.7 Å². The maximum absolute atomic E-state index is 6.79. The Kier molecular flexibility index (Phi) is 5.67. The minimum absolute atomic E-state index is 0.0856. The zero-order valence-electron chi connectivity index (χ0n) is 18.6. The lowest BCUT2D eigenvalue weighted by Gasteiger charge is -2.32. The van der Waals surface area contributed by atoms with Crippen LogP contribution in [0.4, 0.5) is 0 Å². The molecule has 0 N–H and O–H groups in total. The van der Waals surface area contributed by atoms with Crippen LogP contribution < -0.4 is 0 Å². The fourth-order valence-electron chi connectivity index (χ4n) is 4.38. The number of likely N-dealkylation sites (tertiary alicyclic amines) is 1. The van der Waals surface area contributed by atoms with Gasteiger partial charge in [0.25, 0.3) is 0 Å². The van der Waals surface area contributed by atoms with Crippen LogP contribution >= 0.6 is 0 Å². The third-order valence-electron chi connectivity index (χ3n) is 6.20. The number of rotatable bonds is 3. The molecule has 0 saturated carbocycles. The fraction of sp³-hybridized carbons (Fsp3) is 0.560. The van der Waals surface area contributed by atoms with Gasteiger partial charge >= 0.3 is 0 Å². The summed E-state index contributed by atoms with van der Waals surface area (Å²) in [5, 5.41) is 0. The van der Waals surface area contributed by atoms with Crippen molar-refractivity contribution < 1.29 is 4.74 Å². The zero-order chi connectivity index (χ0) is 20.6. The molecule has 156 valence electrons. The number of ether oxygens (including phenoxy) is 1. The van der Waals surface area contributed by atoms with E-state index < -0.39 is 0 Å².